The normalized spacial score (nSPS) is 20.6. The van der Waals surface area contributed by atoms with Crippen molar-refractivity contribution >= 4 is 28.8 Å². The number of hydrogen-bond donors (Lipinski definition) is 2. The smallest absolute Gasteiger partial charge is 0.325 e. The van der Waals surface area contributed by atoms with Gasteiger partial charge >= 0.3 is 6.03 Å². The Bertz CT molecular complexity index is 1240. The molecule has 170 valence electrons. The van der Waals surface area contributed by atoms with Crippen molar-refractivity contribution in [1.29, 1.82) is 0 Å². The highest BCUT2D eigenvalue weighted by Gasteiger charge is 2.49. The number of para-hydroxylation sites is 1. The topological polar surface area (TPSA) is 110 Å². The van der Waals surface area contributed by atoms with Gasteiger partial charge in [-0.3, -0.25) is 14.5 Å². The molecule has 4 amide bonds. The predicted molar refractivity (Wildman–Crippen MR) is 118 cm³/mol. The molecule has 2 aromatic carbocycles. The molecular formula is C24H23N3O6. The maximum absolute atomic E-state index is 13.2. The molecule has 2 N–H and O–H groups in total. The Morgan fingerprint density at radius 1 is 1.12 bits per heavy atom. The summed E-state index contributed by atoms with van der Waals surface area (Å²) < 4.78 is 16.9. The number of nitrogens with one attached hydrogen (secondary N) is 2. The second-order valence-electron chi connectivity index (χ2n) is 8.28. The van der Waals surface area contributed by atoms with Crippen LogP contribution in [-0.4, -0.2) is 42.5 Å². The minimum absolute atomic E-state index is 0.406. The minimum atomic E-state index is -1.32. The lowest BCUT2D eigenvalue weighted by Gasteiger charge is -2.25. The average molecular weight is 449 g/mol. The number of urea groups is 1. The van der Waals surface area contributed by atoms with Gasteiger partial charge in [0.1, 0.15) is 36.6 Å². The zero-order valence-corrected chi connectivity index (χ0v) is 18.2. The monoisotopic (exact) mass is 449 g/mol. The summed E-state index contributed by atoms with van der Waals surface area (Å²) in [7, 11) is 0. The van der Waals surface area contributed by atoms with Crippen molar-refractivity contribution in [1.82, 2.24) is 15.5 Å². The molecule has 3 heterocycles. The number of ether oxygens (including phenoxy) is 2. The van der Waals surface area contributed by atoms with Gasteiger partial charge in [0.25, 0.3) is 5.91 Å². The van der Waals surface area contributed by atoms with Gasteiger partial charge in [-0.25, -0.2) is 4.79 Å². The van der Waals surface area contributed by atoms with E-state index in [4.69, 9.17) is 13.9 Å². The summed E-state index contributed by atoms with van der Waals surface area (Å²) in [6, 6.07) is 13.4. The zero-order chi connectivity index (χ0) is 23.2. The third-order valence-corrected chi connectivity index (χ3v) is 5.95. The summed E-state index contributed by atoms with van der Waals surface area (Å²) in [5.74, 6) is 0.690. The maximum Gasteiger partial charge on any atom is 0.325 e. The standard InChI is InChI=1S/C24H23N3O6/c1-14(19-11-15-5-3-4-6-17(15)33-19)25-21(28)13-27-22(29)24(2,26-23(27)30)16-7-8-18-20(12-16)32-10-9-31-18/h3-8,11-12,14H,9-10,13H2,1-2H3,(H,25,28)(H,26,30)/t14-,24+/m0/s1. The molecule has 0 spiro atoms. The van der Waals surface area contributed by atoms with Gasteiger partial charge in [0.2, 0.25) is 5.91 Å². The summed E-state index contributed by atoms with van der Waals surface area (Å²) in [6.07, 6.45) is 0. The summed E-state index contributed by atoms with van der Waals surface area (Å²) in [5, 5.41) is 6.42. The van der Waals surface area contributed by atoms with E-state index >= 15 is 0 Å². The first kappa shape index (κ1) is 20.9. The Labute approximate surface area is 189 Å². The molecule has 1 saturated heterocycles. The Morgan fingerprint density at radius 2 is 1.88 bits per heavy atom. The zero-order valence-electron chi connectivity index (χ0n) is 18.2. The van der Waals surface area contributed by atoms with Crippen molar-refractivity contribution in [2.75, 3.05) is 19.8 Å². The fourth-order valence-corrected chi connectivity index (χ4v) is 4.11. The molecule has 0 aliphatic carbocycles. The highest BCUT2D eigenvalue weighted by molar-refractivity contribution is 6.09. The molecule has 2 aliphatic rings. The molecule has 5 rings (SSSR count). The molecule has 3 aromatic rings. The minimum Gasteiger partial charge on any atom is -0.486 e. The lowest BCUT2D eigenvalue weighted by Crippen LogP contribution is -2.43. The van der Waals surface area contributed by atoms with Gasteiger partial charge in [-0.05, 0) is 43.7 Å². The van der Waals surface area contributed by atoms with Crippen LogP contribution in [0.4, 0.5) is 4.79 Å². The number of imide groups is 1. The second-order valence-corrected chi connectivity index (χ2v) is 8.28. The third kappa shape index (κ3) is 3.65. The molecular weight excluding hydrogens is 426 g/mol. The van der Waals surface area contributed by atoms with Crippen LogP contribution >= 0.6 is 0 Å². The Kier molecular flexibility index (Phi) is 4.96. The van der Waals surface area contributed by atoms with Gasteiger partial charge in [-0.1, -0.05) is 24.3 Å². The van der Waals surface area contributed by atoms with Crippen molar-refractivity contribution in [3.8, 4) is 11.5 Å². The molecule has 9 heteroatoms. The molecule has 33 heavy (non-hydrogen) atoms. The number of hydrogen-bond acceptors (Lipinski definition) is 6. The molecule has 0 bridgehead atoms. The van der Waals surface area contributed by atoms with Crippen molar-refractivity contribution in [2.24, 2.45) is 0 Å². The number of rotatable bonds is 5. The molecule has 0 saturated carbocycles. The van der Waals surface area contributed by atoms with E-state index in [9.17, 15) is 14.4 Å². The lowest BCUT2D eigenvalue weighted by molar-refractivity contribution is -0.135. The highest BCUT2D eigenvalue weighted by atomic mass is 16.6. The van der Waals surface area contributed by atoms with Gasteiger partial charge in [-0.2, -0.15) is 0 Å². The molecule has 2 aliphatic heterocycles. The second kappa shape index (κ2) is 7.84. The van der Waals surface area contributed by atoms with Crippen molar-refractivity contribution < 1.29 is 28.3 Å². The van der Waals surface area contributed by atoms with Crippen molar-refractivity contribution in [2.45, 2.75) is 25.4 Å². The molecule has 1 fully saturated rings. The van der Waals surface area contributed by atoms with Crippen LogP contribution in [0.3, 0.4) is 0 Å². The van der Waals surface area contributed by atoms with Gasteiger partial charge in [0.05, 0.1) is 6.04 Å². The van der Waals surface area contributed by atoms with Crippen molar-refractivity contribution in [3.05, 3.63) is 59.9 Å². The fourth-order valence-electron chi connectivity index (χ4n) is 4.11. The van der Waals surface area contributed by atoms with Crippen LogP contribution in [0.25, 0.3) is 11.0 Å². The van der Waals surface area contributed by atoms with Gasteiger partial charge in [0, 0.05) is 5.39 Å². The van der Waals surface area contributed by atoms with Gasteiger partial charge in [0.15, 0.2) is 11.5 Å². The third-order valence-electron chi connectivity index (χ3n) is 5.95. The largest absolute Gasteiger partial charge is 0.486 e. The van der Waals surface area contributed by atoms with E-state index in [1.165, 1.54) is 0 Å². The van der Waals surface area contributed by atoms with E-state index in [2.05, 4.69) is 10.6 Å². The number of carbonyl (C=O) groups is 3. The first-order valence-electron chi connectivity index (χ1n) is 10.7. The van der Waals surface area contributed by atoms with Crippen LogP contribution in [0.2, 0.25) is 0 Å². The number of furan rings is 1. The summed E-state index contributed by atoms with van der Waals surface area (Å²) in [6.45, 7) is 3.83. The van der Waals surface area contributed by atoms with E-state index < -0.39 is 36.0 Å². The molecule has 1 aromatic heterocycles. The Morgan fingerprint density at radius 3 is 2.67 bits per heavy atom. The van der Waals surface area contributed by atoms with Crippen LogP contribution in [0, 0.1) is 0 Å². The first-order chi connectivity index (χ1) is 15.8. The summed E-state index contributed by atoms with van der Waals surface area (Å²) in [5.41, 5.74) is -0.0566. The number of nitrogens with zero attached hydrogens (tertiary/aromatic N) is 1. The molecule has 0 radical (unpaired) electrons. The molecule has 2 atom stereocenters. The number of fused-ring (bicyclic) bond motifs is 2. The predicted octanol–water partition coefficient (Wildman–Crippen LogP) is 2.85. The van der Waals surface area contributed by atoms with Crippen LogP contribution in [0.5, 0.6) is 11.5 Å². The van der Waals surface area contributed by atoms with E-state index in [1.54, 1.807) is 32.0 Å². The van der Waals surface area contributed by atoms with Gasteiger partial charge < -0.3 is 24.5 Å². The number of carbonyl (C=O) groups excluding carboxylic acids is 3. The van der Waals surface area contributed by atoms with Crippen molar-refractivity contribution in [3.63, 3.8) is 0 Å². The van der Waals surface area contributed by atoms with E-state index in [-0.39, 0.29) is 0 Å². The quantitative estimate of drug-likeness (QED) is 0.580. The highest BCUT2D eigenvalue weighted by Crippen LogP contribution is 2.36. The van der Waals surface area contributed by atoms with Crippen LogP contribution in [0.15, 0.2) is 52.9 Å². The number of benzene rings is 2. The Balaban J connectivity index is 1.29. The van der Waals surface area contributed by atoms with E-state index in [0.29, 0.717) is 36.0 Å². The maximum atomic E-state index is 13.2. The first-order valence-corrected chi connectivity index (χ1v) is 10.7. The molecule has 0 unspecified atom stereocenters. The van der Waals surface area contributed by atoms with E-state index in [1.807, 2.05) is 30.3 Å². The average Bonchev–Trinajstić information content (AvgIpc) is 3.34. The molecule has 9 nitrogen and oxygen atoms in total. The van der Waals surface area contributed by atoms with Gasteiger partial charge in [-0.15, -0.1) is 0 Å². The van der Waals surface area contributed by atoms with Crippen LogP contribution < -0.4 is 20.1 Å². The fraction of sp³-hybridized carbons (Fsp3) is 0.292. The van der Waals surface area contributed by atoms with E-state index in [0.717, 1.165) is 15.9 Å². The SMILES string of the molecule is C[C@H](NC(=O)CN1C(=O)N[C@](C)(c2ccc3c(c2)OCCO3)C1=O)c1cc2ccccc2o1. The van der Waals surface area contributed by atoms with Crippen LogP contribution in [0.1, 0.15) is 31.2 Å². The lowest BCUT2D eigenvalue weighted by atomic mass is 9.91. The summed E-state index contributed by atoms with van der Waals surface area (Å²) >= 11 is 0. The Hall–Kier alpha value is -4.01. The van der Waals surface area contributed by atoms with Crippen LogP contribution in [-0.2, 0) is 15.1 Å². The summed E-state index contributed by atoms with van der Waals surface area (Å²) in [4.78, 5) is 39.4. The number of amides is 4.